The Morgan fingerprint density at radius 1 is 1.08 bits per heavy atom. The number of aliphatic hydroxyl groups is 4. The van der Waals surface area contributed by atoms with E-state index in [-0.39, 0.29) is 0 Å². The molecule has 1 aromatic rings. The average Bonchev–Trinajstić information content (AvgIpc) is 3.06. The number of hydrogen-bond acceptors (Lipinski definition) is 14. The van der Waals surface area contributed by atoms with Crippen LogP contribution in [0.1, 0.15) is 20.1 Å². The molecule has 216 valence electrons. The molecular weight excluding hydrogens is 564 g/mol. The molecule has 2 unspecified atom stereocenters. The quantitative estimate of drug-likeness (QED) is 0.129. The van der Waals surface area contributed by atoms with Crippen molar-refractivity contribution in [2.75, 3.05) is 6.61 Å². The number of hydrogen-bond donors (Lipinski definition) is 8. The number of ether oxygens (including phenoxy) is 2. The lowest BCUT2D eigenvalue weighted by Gasteiger charge is -2.41. The van der Waals surface area contributed by atoms with Gasteiger partial charge in [0.1, 0.15) is 36.6 Å². The van der Waals surface area contributed by atoms with E-state index >= 15 is 0 Å². The topological polar surface area (TPSA) is 286 Å². The molecule has 38 heavy (non-hydrogen) atoms. The Labute approximate surface area is 212 Å². The Balaban J connectivity index is 1.64. The van der Waals surface area contributed by atoms with Gasteiger partial charge in [-0.25, -0.2) is 13.9 Å². The Kier molecular flexibility index (Phi) is 9.48. The number of nitrogens with zero attached hydrogens (tertiary/aromatic N) is 1. The smallest absolute Gasteiger partial charge is 0.388 e. The zero-order valence-corrected chi connectivity index (χ0v) is 21.5. The predicted octanol–water partition coefficient (Wildman–Crippen LogP) is -3.62. The molecule has 11 atom stereocenters. The van der Waals surface area contributed by atoms with Crippen LogP contribution < -0.4 is 16.6 Å². The van der Waals surface area contributed by atoms with Gasteiger partial charge in [0, 0.05) is 19.2 Å². The van der Waals surface area contributed by atoms with Crippen molar-refractivity contribution >= 4 is 21.6 Å². The van der Waals surface area contributed by atoms with Gasteiger partial charge in [0.2, 0.25) is 5.91 Å². The van der Waals surface area contributed by atoms with Crippen molar-refractivity contribution < 1.29 is 67.0 Å². The van der Waals surface area contributed by atoms with Crippen LogP contribution >= 0.6 is 15.6 Å². The van der Waals surface area contributed by atoms with Crippen LogP contribution in [0.3, 0.4) is 0 Å². The summed E-state index contributed by atoms with van der Waals surface area (Å²) in [6, 6.07) is -0.645. The van der Waals surface area contributed by atoms with Gasteiger partial charge in [0.25, 0.3) is 5.56 Å². The summed E-state index contributed by atoms with van der Waals surface area (Å²) in [5.74, 6) is -0.738. The molecule has 0 spiro atoms. The van der Waals surface area contributed by atoms with Crippen molar-refractivity contribution in [1.82, 2.24) is 14.9 Å². The van der Waals surface area contributed by atoms with Gasteiger partial charge in [0.15, 0.2) is 12.5 Å². The van der Waals surface area contributed by atoms with Gasteiger partial charge in [-0.15, -0.1) is 0 Å². The second-order valence-corrected chi connectivity index (χ2v) is 11.4. The Morgan fingerprint density at radius 2 is 1.74 bits per heavy atom. The maximum atomic E-state index is 12.4. The van der Waals surface area contributed by atoms with Gasteiger partial charge >= 0.3 is 21.3 Å². The minimum absolute atomic E-state index is 0.738. The summed E-state index contributed by atoms with van der Waals surface area (Å²) < 4.78 is 49.4. The molecule has 1 amide bonds. The summed E-state index contributed by atoms with van der Waals surface area (Å²) in [5.41, 5.74) is -1.73. The van der Waals surface area contributed by atoms with Gasteiger partial charge in [-0.3, -0.25) is 28.2 Å². The minimum atomic E-state index is -5.53. The van der Waals surface area contributed by atoms with E-state index in [0.717, 1.165) is 23.8 Å². The van der Waals surface area contributed by atoms with Gasteiger partial charge < -0.3 is 45.0 Å². The summed E-state index contributed by atoms with van der Waals surface area (Å²) in [6.07, 6.45) is -12.0. The molecular formula is C17H27N3O16P2. The third-order valence-electron chi connectivity index (χ3n) is 5.52. The van der Waals surface area contributed by atoms with Crippen molar-refractivity contribution in [3.63, 3.8) is 0 Å². The fraction of sp³-hybridized carbons (Fsp3) is 0.706. The highest BCUT2D eigenvalue weighted by Gasteiger charge is 2.49. The maximum absolute atomic E-state index is 12.4. The number of aromatic nitrogens is 2. The molecule has 1 aromatic heterocycles. The lowest BCUT2D eigenvalue weighted by Crippen LogP contribution is -2.63. The van der Waals surface area contributed by atoms with Crippen LogP contribution in [0.15, 0.2) is 21.9 Å². The first-order valence-corrected chi connectivity index (χ1v) is 13.8. The molecule has 0 aromatic carbocycles. The highest BCUT2D eigenvalue weighted by Crippen LogP contribution is 2.61. The summed E-state index contributed by atoms with van der Waals surface area (Å²) in [7, 11) is -11.0. The van der Waals surface area contributed by atoms with Crippen LogP contribution in [-0.4, -0.2) is 101 Å². The Morgan fingerprint density at radius 3 is 2.34 bits per heavy atom. The van der Waals surface area contributed by atoms with Crippen molar-refractivity contribution in [1.29, 1.82) is 0 Å². The fourth-order valence-corrected chi connectivity index (χ4v) is 5.87. The number of aromatic amines is 1. The molecule has 3 rings (SSSR count). The number of carbonyl (C=O) groups excluding carboxylic acids is 1. The van der Waals surface area contributed by atoms with Crippen LogP contribution in [0.2, 0.25) is 0 Å². The Hall–Kier alpha value is -1.83. The number of amides is 1. The van der Waals surface area contributed by atoms with E-state index in [4.69, 9.17) is 14.0 Å². The van der Waals surface area contributed by atoms with Crippen LogP contribution in [-0.2, 0) is 36.8 Å². The number of aliphatic hydroxyl groups excluding tert-OH is 4. The molecule has 3 heterocycles. The number of phosphoric ester groups is 2. The van der Waals surface area contributed by atoms with E-state index in [1.54, 1.807) is 0 Å². The van der Waals surface area contributed by atoms with Crippen molar-refractivity contribution in [3.05, 3.63) is 33.1 Å². The van der Waals surface area contributed by atoms with Crippen LogP contribution in [0.25, 0.3) is 0 Å². The van der Waals surface area contributed by atoms with E-state index in [1.807, 2.05) is 4.98 Å². The number of phosphoric acid groups is 2. The van der Waals surface area contributed by atoms with Crippen molar-refractivity contribution in [2.45, 2.75) is 69.0 Å². The molecule has 8 N–H and O–H groups in total. The third kappa shape index (κ3) is 7.22. The standard InChI is InChI=1S/C17H27N3O16P2/c1-6-11(23)13(25)10(18-7(2)21)16(33-6)35-38(30,31)36-37(28,29)32-5-8-12(24)14(26)15(34-8)20-4-3-9(22)19-17(20)27/h3-4,6,8,10-16,23-26H,5H2,1-2H3,(H,18,21)(H,28,29)(H,30,31)(H,19,22,27)/t6-,8+,10-,11+,12+,13-,14+,15+,16+/m0/s1. The predicted molar refractivity (Wildman–Crippen MR) is 119 cm³/mol. The van der Waals surface area contributed by atoms with E-state index in [2.05, 4.69) is 14.2 Å². The zero-order valence-electron chi connectivity index (χ0n) is 19.7. The molecule has 0 saturated carbocycles. The zero-order chi connectivity index (χ0) is 28.6. The molecule has 2 saturated heterocycles. The monoisotopic (exact) mass is 591 g/mol. The number of carbonyl (C=O) groups is 1. The summed E-state index contributed by atoms with van der Waals surface area (Å²) in [6.45, 7) is 1.30. The van der Waals surface area contributed by atoms with Crippen molar-refractivity contribution in [2.24, 2.45) is 0 Å². The lowest BCUT2D eigenvalue weighted by atomic mass is 9.98. The molecule has 2 fully saturated rings. The molecule has 2 aliphatic heterocycles. The normalized spacial score (nSPS) is 36.8. The second kappa shape index (κ2) is 11.7. The lowest BCUT2D eigenvalue weighted by molar-refractivity contribution is -0.236. The molecule has 19 nitrogen and oxygen atoms in total. The number of nitrogens with one attached hydrogen (secondary N) is 2. The van der Waals surface area contributed by atoms with Crippen molar-refractivity contribution in [3.8, 4) is 0 Å². The molecule has 2 aliphatic rings. The van der Waals surface area contributed by atoms with Gasteiger partial charge in [0.05, 0.1) is 12.7 Å². The number of H-pyrrole nitrogens is 1. The largest absolute Gasteiger partial charge is 0.483 e. The summed E-state index contributed by atoms with van der Waals surface area (Å²) >= 11 is 0. The van der Waals surface area contributed by atoms with Crippen LogP contribution in [0, 0.1) is 0 Å². The SMILES string of the molecule is CC(=O)N[C@@H]1[C@@H](OP(=O)(O)OP(=O)(O)OC[C@H]2O[C@@H](n3ccc(=O)[nH]c3=O)[C@H](O)[C@@H]2O)O[C@@H](C)[C@@H](O)[C@H]1O. The highest BCUT2D eigenvalue weighted by molar-refractivity contribution is 7.61. The summed E-state index contributed by atoms with van der Waals surface area (Å²) in [5, 5.41) is 42.6. The highest BCUT2D eigenvalue weighted by atomic mass is 31.3. The van der Waals surface area contributed by atoms with Gasteiger partial charge in [-0.2, -0.15) is 4.31 Å². The van der Waals surface area contributed by atoms with E-state index in [0.29, 0.717) is 0 Å². The molecule has 0 aliphatic carbocycles. The van der Waals surface area contributed by atoms with Gasteiger partial charge in [-0.1, -0.05) is 0 Å². The van der Waals surface area contributed by atoms with Crippen LogP contribution in [0.4, 0.5) is 0 Å². The van der Waals surface area contributed by atoms with E-state index in [9.17, 15) is 53.7 Å². The fourth-order valence-electron chi connectivity index (χ4n) is 3.70. The summed E-state index contributed by atoms with van der Waals surface area (Å²) in [4.78, 5) is 56.4. The first-order valence-electron chi connectivity index (χ1n) is 10.8. The number of rotatable bonds is 9. The van der Waals surface area contributed by atoms with E-state index < -0.39 is 94.6 Å². The molecule has 0 bridgehead atoms. The first kappa shape index (κ1) is 30.7. The second-order valence-electron chi connectivity index (χ2n) is 8.40. The minimum Gasteiger partial charge on any atom is -0.388 e. The van der Waals surface area contributed by atoms with E-state index in [1.165, 1.54) is 6.92 Å². The molecule has 0 radical (unpaired) electrons. The molecule has 21 heteroatoms. The average molecular weight is 591 g/mol. The third-order valence-corrected chi connectivity index (χ3v) is 8.12. The first-order chi connectivity index (χ1) is 17.5. The Bertz CT molecular complexity index is 1220. The van der Waals surface area contributed by atoms with Crippen LogP contribution in [0.5, 0.6) is 0 Å². The maximum Gasteiger partial charge on any atom is 0.483 e. The van der Waals surface area contributed by atoms with Gasteiger partial charge in [-0.05, 0) is 6.92 Å².